The Morgan fingerprint density at radius 3 is 2.33 bits per heavy atom. The molecule has 1 heterocycles. The van der Waals surface area contributed by atoms with Crippen LogP contribution in [-0.2, 0) is 23.8 Å². The average Bonchev–Trinajstić information content (AvgIpc) is 2.27. The Morgan fingerprint density at radius 1 is 1.22 bits per heavy atom. The summed E-state index contributed by atoms with van der Waals surface area (Å²) in [7, 11) is 5.57. The molecule has 2 N–H and O–H groups in total. The van der Waals surface area contributed by atoms with Gasteiger partial charge in [0, 0.05) is 13.8 Å². The highest BCUT2D eigenvalue weighted by atomic mass is 16.6. The van der Waals surface area contributed by atoms with Crippen molar-refractivity contribution in [3.05, 3.63) is 0 Å². The van der Waals surface area contributed by atoms with Gasteiger partial charge in [-0.2, -0.15) is 0 Å². The number of carbonyl (C=O) groups excluding carboxylic acids is 2. The maximum Gasteiger partial charge on any atom is 0.303 e. The standard InChI is InChI=1S/C10H15BO7/c1-4(12)16-3-6-7(14)8(15)9(10(11)18-6)17-5(2)13/h6-10,14-15H,3H2,1-2H3/t6-,7+,8+,9-,10+/m1/s1. The van der Waals surface area contributed by atoms with Crippen LogP contribution in [0.1, 0.15) is 13.8 Å². The summed E-state index contributed by atoms with van der Waals surface area (Å²) >= 11 is 0. The normalized spacial score (nSPS) is 35.9. The van der Waals surface area contributed by atoms with Crippen LogP contribution in [-0.4, -0.2) is 67.0 Å². The average molecular weight is 258 g/mol. The molecule has 1 aliphatic heterocycles. The molecule has 0 spiro atoms. The Balaban J connectivity index is 2.64. The number of esters is 2. The van der Waals surface area contributed by atoms with Gasteiger partial charge in [-0.25, -0.2) is 0 Å². The fraction of sp³-hybridized carbons (Fsp3) is 0.800. The maximum absolute atomic E-state index is 10.8. The Labute approximate surface area is 105 Å². The number of ether oxygens (including phenoxy) is 3. The van der Waals surface area contributed by atoms with E-state index in [1.54, 1.807) is 0 Å². The monoisotopic (exact) mass is 258 g/mol. The van der Waals surface area contributed by atoms with E-state index in [-0.39, 0.29) is 6.61 Å². The first-order chi connectivity index (χ1) is 8.32. The van der Waals surface area contributed by atoms with E-state index in [0.29, 0.717) is 0 Å². The van der Waals surface area contributed by atoms with Crippen LogP contribution in [0.5, 0.6) is 0 Å². The SMILES string of the molecule is [B][C@H]1O[C@H](COC(C)=O)[C@H](O)[C@H](O)[C@H]1OC(C)=O. The summed E-state index contributed by atoms with van der Waals surface area (Å²) in [5.41, 5.74) is 0. The van der Waals surface area contributed by atoms with Crippen molar-refractivity contribution in [2.24, 2.45) is 0 Å². The molecular formula is C10H15BO7. The van der Waals surface area contributed by atoms with Gasteiger partial charge in [0.1, 0.15) is 38.9 Å². The van der Waals surface area contributed by atoms with Crippen LogP contribution in [0, 0.1) is 0 Å². The Morgan fingerprint density at radius 2 is 1.83 bits per heavy atom. The van der Waals surface area contributed by atoms with E-state index in [1.807, 2.05) is 0 Å². The minimum absolute atomic E-state index is 0.242. The first kappa shape index (κ1) is 14.9. The molecule has 18 heavy (non-hydrogen) atoms. The van der Waals surface area contributed by atoms with Crippen LogP contribution in [0.4, 0.5) is 0 Å². The Kier molecular flexibility index (Phi) is 5.12. The smallest absolute Gasteiger partial charge is 0.303 e. The van der Waals surface area contributed by atoms with Crippen LogP contribution in [0.25, 0.3) is 0 Å². The van der Waals surface area contributed by atoms with E-state index in [4.69, 9.17) is 17.3 Å². The van der Waals surface area contributed by atoms with Crippen molar-refractivity contribution in [2.45, 2.75) is 44.3 Å². The maximum atomic E-state index is 10.8. The fourth-order valence-electron chi connectivity index (χ4n) is 1.63. The minimum Gasteiger partial charge on any atom is -0.463 e. The topological polar surface area (TPSA) is 102 Å². The van der Waals surface area contributed by atoms with Crippen LogP contribution in [0.3, 0.4) is 0 Å². The summed E-state index contributed by atoms with van der Waals surface area (Å²) in [6.45, 7) is 2.11. The lowest BCUT2D eigenvalue weighted by Crippen LogP contribution is -2.60. The summed E-state index contributed by atoms with van der Waals surface area (Å²) in [5.74, 6) is -1.19. The van der Waals surface area contributed by atoms with Crippen LogP contribution in [0.2, 0.25) is 0 Å². The van der Waals surface area contributed by atoms with E-state index in [2.05, 4.69) is 4.74 Å². The summed E-state index contributed by atoms with van der Waals surface area (Å²) in [4.78, 5) is 21.5. The summed E-state index contributed by atoms with van der Waals surface area (Å²) in [6, 6.07) is -1.10. The van der Waals surface area contributed by atoms with Gasteiger partial charge in [-0.15, -0.1) is 0 Å². The van der Waals surface area contributed by atoms with Gasteiger partial charge in [-0.05, 0) is 0 Å². The predicted molar refractivity (Wildman–Crippen MR) is 58.6 cm³/mol. The second-order valence-corrected chi connectivity index (χ2v) is 4.00. The van der Waals surface area contributed by atoms with Gasteiger partial charge in [0.05, 0.1) is 6.00 Å². The zero-order valence-electron chi connectivity index (χ0n) is 10.1. The van der Waals surface area contributed by atoms with Gasteiger partial charge in [-0.3, -0.25) is 9.59 Å². The van der Waals surface area contributed by atoms with Gasteiger partial charge in [0.2, 0.25) is 0 Å². The molecule has 1 rings (SSSR count). The Hall–Kier alpha value is -1.12. The van der Waals surface area contributed by atoms with Crippen molar-refractivity contribution in [3.63, 3.8) is 0 Å². The van der Waals surface area contributed by atoms with Crippen molar-refractivity contribution < 1.29 is 34.0 Å². The molecule has 0 aromatic carbocycles. The number of aliphatic hydroxyl groups is 2. The summed E-state index contributed by atoms with van der Waals surface area (Å²) in [6.07, 6.45) is -4.90. The number of hydrogen-bond acceptors (Lipinski definition) is 7. The molecule has 0 amide bonds. The first-order valence-corrected chi connectivity index (χ1v) is 5.40. The molecule has 100 valence electrons. The predicted octanol–water partition coefficient (Wildman–Crippen LogP) is -1.90. The van der Waals surface area contributed by atoms with Gasteiger partial charge >= 0.3 is 11.9 Å². The zero-order valence-corrected chi connectivity index (χ0v) is 10.1. The highest BCUT2D eigenvalue weighted by molar-refractivity contribution is 6.11. The van der Waals surface area contributed by atoms with Crippen molar-refractivity contribution in [3.8, 4) is 0 Å². The number of carbonyl (C=O) groups is 2. The zero-order chi connectivity index (χ0) is 13.9. The summed E-state index contributed by atoms with van der Waals surface area (Å²) in [5, 5.41) is 19.5. The first-order valence-electron chi connectivity index (χ1n) is 5.40. The van der Waals surface area contributed by atoms with E-state index in [1.165, 1.54) is 6.92 Å². The lowest BCUT2D eigenvalue weighted by atomic mass is 9.84. The van der Waals surface area contributed by atoms with Gasteiger partial charge in [0.25, 0.3) is 0 Å². The van der Waals surface area contributed by atoms with Crippen LogP contribution in [0.15, 0.2) is 0 Å². The lowest BCUT2D eigenvalue weighted by molar-refractivity contribution is -0.222. The molecule has 0 saturated carbocycles. The van der Waals surface area contributed by atoms with Crippen molar-refractivity contribution >= 4 is 19.8 Å². The highest BCUT2D eigenvalue weighted by Gasteiger charge is 2.44. The molecule has 7 nitrogen and oxygen atoms in total. The molecule has 2 radical (unpaired) electrons. The van der Waals surface area contributed by atoms with E-state index < -0.39 is 42.4 Å². The van der Waals surface area contributed by atoms with Gasteiger partial charge < -0.3 is 24.4 Å². The van der Waals surface area contributed by atoms with E-state index in [0.717, 1.165) is 6.92 Å². The number of hydrogen-bond donors (Lipinski definition) is 2. The highest BCUT2D eigenvalue weighted by Crippen LogP contribution is 2.22. The number of aliphatic hydroxyl groups excluding tert-OH is 2. The largest absolute Gasteiger partial charge is 0.463 e. The third kappa shape index (κ3) is 3.69. The molecule has 0 bridgehead atoms. The second kappa shape index (κ2) is 6.17. The molecule has 0 aromatic rings. The van der Waals surface area contributed by atoms with Crippen molar-refractivity contribution in [1.82, 2.24) is 0 Å². The molecule has 0 aromatic heterocycles. The van der Waals surface area contributed by atoms with Crippen LogP contribution < -0.4 is 0 Å². The molecule has 1 fully saturated rings. The molecule has 1 saturated heterocycles. The third-order valence-electron chi connectivity index (χ3n) is 2.48. The quantitative estimate of drug-likeness (QED) is 0.450. The van der Waals surface area contributed by atoms with Gasteiger partial charge in [-0.1, -0.05) is 0 Å². The lowest BCUT2D eigenvalue weighted by Gasteiger charge is -2.41. The molecular weight excluding hydrogens is 243 g/mol. The second-order valence-electron chi connectivity index (χ2n) is 4.00. The Bertz CT molecular complexity index is 319. The number of rotatable bonds is 3. The van der Waals surface area contributed by atoms with Crippen LogP contribution >= 0.6 is 0 Å². The van der Waals surface area contributed by atoms with Crippen molar-refractivity contribution in [1.29, 1.82) is 0 Å². The van der Waals surface area contributed by atoms with E-state index >= 15 is 0 Å². The van der Waals surface area contributed by atoms with E-state index in [9.17, 15) is 19.8 Å². The van der Waals surface area contributed by atoms with Gasteiger partial charge in [0.15, 0.2) is 0 Å². The molecule has 8 heteroatoms. The summed E-state index contributed by atoms with van der Waals surface area (Å²) < 4.78 is 14.6. The molecule has 1 aliphatic rings. The molecule has 5 atom stereocenters. The van der Waals surface area contributed by atoms with Crippen molar-refractivity contribution in [2.75, 3.05) is 6.61 Å². The third-order valence-corrected chi connectivity index (χ3v) is 2.48. The minimum atomic E-state index is -1.40. The fourth-order valence-corrected chi connectivity index (χ4v) is 1.63. The molecule has 0 unspecified atom stereocenters. The molecule has 0 aliphatic carbocycles.